The fourth-order valence-corrected chi connectivity index (χ4v) is 8.54. The highest BCUT2D eigenvalue weighted by molar-refractivity contribution is 9.11. The molecular formula is C41H58BrN3O7S2. The molecule has 5 fully saturated rings. The molecule has 0 aromatic carbocycles. The van der Waals surface area contributed by atoms with Gasteiger partial charge in [-0.3, -0.25) is 28.8 Å². The number of carboxylic acids is 1. The zero-order valence-corrected chi connectivity index (χ0v) is 36.0. The summed E-state index contributed by atoms with van der Waals surface area (Å²) in [5, 5.41) is 10.1. The predicted octanol–water partition coefficient (Wildman–Crippen LogP) is 9.99. The Hall–Kier alpha value is -2.92. The van der Waals surface area contributed by atoms with E-state index in [2.05, 4.69) is 27.7 Å². The van der Waals surface area contributed by atoms with Crippen LogP contribution in [0.2, 0.25) is 0 Å². The van der Waals surface area contributed by atoms with Gasteiger partial charge in [0.15, 0.2) is 11.6 Å². The van der Waals surface area contributed by atoms with E-state index in [1.165, 1.54) is 84.6 Å². The van der Waals surface area contributed by atoms with Gasteiger partial charge >= 0.3 is 5.97 Å². The van der Waals surface area contributed by atoms with E-state index in [1.807, 2.05) is 20.8 Å². The molecule has 2 aromatic rings. The topological polar surface area (TPSA) is 148 Å². The quantitative estimate of drug-likeness (QED) is 0.108. The lowest BCUT2D eigenvalue weighted by Crippen LogP contribution is -2.25. The number of ketones is 3. The molecular weight excluding hydrogens is 791 g/mol. The first-order valence-electron chi connectivity index (χ1n) is 19.1. The Morgan fingerprint density at radius 3 is 1.50 bits per heavy atom. The number of nitrogen functional groups attached to an aromatic ring is 1. The fourth-order valence-electron chi connectivity index (χ4n) is 5.44. The maximum Gasteiger partial charge on any atom is 0.303 e. The summed E-state index contributed by atoms with van der Waals surface area (Å²) in [5.74, 6) is 3.24. The summed E-state index contributed by atoms with van der Waals surface area (Å²) in [6.07, 6.45) is 15.1. The molecule has 298 valence electrons. The number of Topliss-reactive ketones (excluding diaryl/α,β-unsaturated/α-hetero) is 3. The van der Waals surface area contributed by atoms with Gasteiger partial charge in [0.2, 0.25) is 11.7 Å². The Bertz CT molecular complexity index is 1580. The third-order valence-electron chi connectivity index (χ3n) is 10.1. The van der Waals surface area contributed by atoms with Crippen molar-refractivity contribution in [2.45, 2.75) is 124 Å². The average Bonchev–Trinajstić information content (AvgIpc) is 3.90. The molecule has 3 N–H and O–H groups in total. The van der Waals surface area contributed by atoms with E-state index in [9.17, 15) is 24.0 Å². The van der Waals surface area contributed by atoms with Gasteiger partial charge in [0.25, 0.3) is 6.54 Å². The molecule has 0 unspecified atom stereocenters. The normalized spacial score (nSPS) is 16.7. The highest BCUT2D eigenvalue weighted by Gasteiger charge is 2.29. The molecule has 13 heteroatoms. The minimum atomic E-state index is -0.650. The maximum absolute atomic E-state index is 11.9. The largest absolute Gasteiger partial charge is 0.481 e. The van der Waals surface area contributed by atoms with Gasteiger partial charge in [0.05, 0.1) is 21.5 Å². The summed E-state index contributed by atoms with van der Waals surface area (Å²) < 4.78 is 1.01. The molecule has 54 heavy (non-hydrogen) atoms. The molecule has 1 amide bonds. The first-order chi connectivity index (χ1) is 25.5. The molecule has 2 aromatic heterocycles. The highest BCUT2D eigenvalue weighted by Crippen LogP contribution is 2.39. The van der Waals surface area contributed by atoms with Crippen LogP contribution in [0.25, 0.3) is 4.85 Å². The number of rotatable bonds is 14. The third-order valence-corrected chi connectivity index (χ3v) is 13.0. The fraction of sp³-hybridized carbons (Fsp3) is 0.659. The lowest BCUT2D eigenvalue weighted by molar-refractivity contribution is -0.169. The first-order valence-corrected chi connectivity index (χ1v) is 21.5. The third kappa shape index (κ3) is 17.3. The van der Waals surface area contributed by atoms with Gasteiger partial charge in [-0.1, -0.05) is 0 Å². The molecule has 0 bridgehead atoms. The van der Waals surface area contributed by atoms with Gasteiger partial charge in [0.1, 0.15) is 0 Å². The Kier molecular flexibility index (Phi) is 18.5. The molecule has 0 radical (unpaired) electrons. The number of aliphatic carboxylic acids is 1. The van der Waals surface area contributed by atoms with Crippen LogP contribution < -0.4 is 5.73 Å². The van der Waals surface area contributed by atoms with Crippen LogP contribution in [0.5, 0.6) is 0 Å². The standard InChI is InChI=1S/C11H13BrOS.C11H15NOS.C7H13NO2.C7H9NO.C5H8O2/c2*1-6-7(2)14-11(12)10(6)9(13)5-8-3-4-8;1-8(10-2)7(9)5-6-3-4-6;1-8-5-7(9)4-6-2-3-6;6-5(7)3-4-1-2-4/h8H,3-5H2,1-2H3;8H,3-5,12H2,1-2H3;6H,3-5H2,1-2H3;6H,2-5H2;4H,1-3H2,(H,6,7). The number of carboxylic acid groups (broad SMARTS) is 1. The summed E-state index contributed by atoms with van der Waals surface area (Å²) in [4.78, 5) is 65.5. The van der Waals surface area contributed by atoms with Gasteiger partial charge in [-0.15, -0.1) is 22.7 Å². The predicted molar refractivity (Wildman–Crippen MR) is 219 cm³/mol. The molecule has 7 rings (SSSR count). The van der Waals surface area contributed by atoms with E-state index in [-0.39, 0.29) is 24.0 Å². The van der Waals surface area contributed by atoms with Gasteiger partial charge in [-0.25, -0.2) is 11.6 Å². The van der Waals surface area contributed by atoms with Crippen molar-refractivity contribution < 1.29 is 33.9 Å². The number of hydrogen-bond donors (Lipinski definition) is 2. The number of aryl methyl sites for hydroxylation is 2. The van der Waals surface area contributed by atoms with Crippen LogP contribution in [0.15, 0.2) is 3.79 Å². The smallest absolute Gasteiger partial charge is 0.303 e. The first kappa shape index (κ1) is 45.5. The Morgan fingerprint density at radius 1 is 0.741 bits per heavy atom. The summed E-state index contributed by atoms with van der Waals surface area (Å²) in [7, 11) is 3.15. The van der Waals surface area contributed by atoms with E-state index in [4.69, 9.17) is 22.2 Å². The van der Waals surface area contributed by atoms with E-state index in [0.29, 0.717) is 66.1 Å². The second kappa shape index (κ2) is 22.0. The van der Waals surface area contributed by atoms with Crippen LogP contribution in [0.3, 0.4) is 0 Å². The second-order valence-corrected chi connectivity index (χ2v) is 19.2. The van der Waals surface area contributed by atoms with Crippen molar-refractivity contribution in [2.75, 3.05) is 26.4 Å². The minimum Gasteiger partial charge on any atom is -0.481 e. The number of hydroxylamine groups is 2. The maximum atomic E-state index is 11.9. The monoisotopic (exact) mass is 847 g/mol. The van der Waals surface area contributed by atoms with Gasteiger partial charge in [0, 0.05) is 54.5 Å². The molecule has 5 saturated carbocycles. The zero-order valence-electron chi connectivity index (χ0n) is 32.8. The second-order valence-electron chi connectivity index (χ2n) is 15.4. The molecule has 10 nitrogen and oxygen atoms in total. The van der Waals surface area contributed by atoms with E-state index < -0.39 is 5.97 Å². The lowest BCUT2D eigenvalue weighted by atomic mass is 10.0. The summed E-state index contributed by atoms with van der Waals surface area (Å²) in [5.41, 5.74) is 9.80. The molecule has 5 aliphatic carbocycles. The van der Waals surface area contributed by atoms with Crippen LogP contribution in [0.1, 0.15) is 138 Å². The number of anilines is 1. The average molecular weight is 849 g/mol. The van der Waals surface area contributed by atoms with Crippen molar-refractivity contribution in [3.8, 4) is 0 Å². The summed E-state index contributed by atoms with van der Waals surface area (Å²) in [6, 6.07) is 0. The number of hydrogen-bond acceptors (Lipinski definition) is 9. The molecule has 5 aliphatic rings. The molecule has 0 spiro atoms. The Balaban J connectivity index is 0.000000186. The Morgan fingerprint density at radius 2 is 1.15 bits per heavy atom. The molecule has 2 heterocycles. The number of nitrogens with zero attached hydrogens (tertiary/aromatic N) is 2. The van der Waals surface area contributed by atoms with E-state index in [0.717, 1.165) is 45.3 Å². The van der Waals surface area contributed by atoms with Gasteiger partial charge in [-0.2, -0.15) is 0 Å². The van der Waals surface area contributed by atoms with E-state index >= 15 is 0 Å². The van der Waals surface area contributed by atoms with Gasteiger partial charge in [-0.05, 0) is 149 Å². The van der Waals surface area contributed by atoms with Crippen molar-refractivity contribution in [3.05, 3.63) is 47.2 Å². The van der Waals surface area contributed by atoms with Crippen LogP contribution >= 0.6 is 38.6 Å². The van der Waals surface area contributed by atoms with Crippen molar-refractivity contribution in [3.63, 3.8) is 0 Å². The zero-order chi connectivity index (χ0) is 40.1. The number of carbonyl (C=O) groups is 5. The van der Waals surface area contributed by atoms with Crippen molar-refractivity contribution in [2.24, 2.45) is 29.6 Å². The van der Waals surface area contributed by atoms with Crippen LogP contribution in [0.4, 0.5) is 5.00 Å². The number of nitrogens with two attached hydrogens (primary N) is 1. The lowest BCUT2D eigenvalue weighted by Gasteiger charge is -2.12. The van der Waals surface area contributed by atoms with Crippen molar-refractivity contribution >= 4 is 72.8 Å². The number of halogens is 1. The Labute approximate surface area is 337 Å². The van der Waals surface area contributed by atoms with Crippen LogP contribution in [-0.4, -0.2) is 60.1 Å². The number of carbonyl (C=O) groups excluding carboxylic acids is 4. The minimum absolute atomic E-state index is 0.0880. The van der Waals surface area contributed by atoms with Crippen LogP contribution in [0, 0.1) is 63.9 Å². The molecule has 0 saturated heterocycles. The van der Waals surface area contributed by atoms with Gasteiger partial charge < -0.3 is 15.7 Å². The van der Waals surface area contributed by atoms with Crippen LogP contribution in [-0.2, 0) is 19.2 Å². The van der Waals surface area contributed by atoms with E-state index in [1.54, 1.807) is 18.4 Å². The summed E-state index contributed by atoms with van der Waals surface area (Å²) in [6.45, 7) is 14.6. The summed E-state index contributed by atoms with van der Waals surface area (Å²) >= 11 is 6.67. The molecule has 0 aliphatic heterocycles. The SMILES string of the molecule is CON(C)C(=O)CC1CC1.Cc1sc(Br)c(C(=O)CC2CC2)c1C.Cc1sc(N)c(C(=O)CC2CC2)c1C.O=C(O)CC1CC1.[C-]#[N+]CC(=O)CC1CC1. The highest BCUT2D eigenvalue weighted by atomic mass is 79.9. The number of thiophene rings is 2. The molecule has 0 atom stereocenters. The van der Waals surface area contributed by atoms with Crippen molar-refractivity contribution in [1.29, 1.82) is 0 Å². The van der Waals surface area contributed by atoms with Crippen molar-refractivity contribution in [1.82, 2.24) is 5.06 Å². The number of amides is 1.